The van der Waals surface area contributed by atoms with Crippen molar-refractivity contribution in [3.63, 3.8) is 0 Å². The van der Waals surface area contributed by atoms with Crippen molar-refractivity contribution in [2.75, 3.05) is 11.9 Å². The minimum atomic E-state index is -0.247. The SMILES string of the molecule is Cc1ncn(-c2ccc(NC(=O)c3cc4n(n3)CCO4)cc2)c1C. The van der Waals surface area contributed by atoms with Gasteiger partial charge in [-0.1, -0.05) is 0 Å². The van der Waals surface area contributed by atoms with E-state index in [2.05, 4.69) is 15.4 Å². The molecular weight excluding hydrogens is 306 g/mol. The number of anilines is 1. The van der Waals surface area contributed by atoms with Gasteiger partial charge in [0.1, 0.15) is 6.61 Å². The summed E-state index contributed by atoms with van der Waals surface area (Å²) in [7, 11) is 0. The lowest BCUT2D eigenvalue weighted by Gasteiger charge is -2.08. The van der Waals surface area contributed by atoms with Crippen LogP contribution in [0.4, 0.5) is 5.69 Å². The van der Waals surface area contributed by atoms with Gasteiger partial charge in [-0.05, 0) is 38.1 Å². The molecule has 0 radical (unpaired) electrons. The van der Waals surface area contributed by atoms with Crippen LogP contribution in [0.25, 0.3) is 5.69 Å². The standard InChI is InChI=1S/C17H17N5O2/c1-11-12(2)21(10-18-11)14-5-3-13(4-6-14)19-17(23)15-9-16-22(20-15)7-8-24-16/h3-6,9-10H,7-8H2,1-2H3,(H,19,23). The summed E-state index contributed by atoms with van der Waals surface area (Å²) in [5.41, 5.74) is 4.17. The Labute approximate surface area is 138 Å². The first-order valence-corrected chi connectivity index (χ1v) is 7.75. The van der Waals surface area contributed by atoms with Crippen LogP contribution in [0.5, 0.6) is 5.88 Å². The Morgan fingerprint density at radius 1 is 1.25 bits per heavy atom. The third-order valence-electron chi connectivity index (χ3n) is 4.18. The molecule has 1 aliphatic rings. The number of imidazole rings is 1. The van der Waals surface area contributed by atoms with E-state index < -0.39 is 0 Å². The second kappa shape index (κ2) is 5.52. The molecule has 3 aromatic rings. The third kappa shape index (κ3) is 2.44. The Balaban J connectivity index is 1.50. The Morgan fingerprint density at radius 2 is 2.04 bits per heavy atom. The summed E-state index contributed by atoms with van der Waals surface area (Å²) in [6, 6.07) is 9.28. The molecule has 0 unspecified atom stereocenters. The molecule has 122 valence electrons. The van der Waals surface area contributed by atoms with Crippen LogP contribution in [0.15, 0.2) is 36.7 Å². The fourth-order valence-corrected chi connectivity index (χ4v) is 2.68. The van der Waals surface area contributed by atoms with Gasteiger partial charge in [0.25, 0.3) is 5.91 Å². The molecule has 0 saturated heterocycles. The molecule has 0 spiro atoms. The number of carbonyl (C=O) groups excluding carboxylic acids is 1. The molecule has 24 heavy (non-hydrogen) atoms. The summed E-state index contributed by atoms with van der Waals surface area (Å²) in [6.07, 6.45) is 1.80. The molecule has 1 amide bonds. The van der Waals surface area contributed by atoms with Gasteiger partial charge in [0, 0.05) is 23.1 Å². The number of nitrogens with zero attached hydrogens (tertiary/aromatic N) is 4. The maximum Gasteiger partial charge on any atom is 0.276 e. The van der Waals surface area contributed by atoms with Crippen LogP contribution in [0.3, 0.4) is 0 Å². The fourth-order valence-electron chi connectivity index (χ4n) is 2.68. The lowest BCUT2D eigenvalue weighted by Crippen LogP contribution is -2.13. The molecule has 4 rings (SSSR count). The molecule has 1 aromatic carbocycles. The van der Waals surface area contributed by atoms with E-state index in [0.29, 0.717) is 30.4 Å². The van der Waals surface area contributed by atoms with Crippen molar-refractivity contribution in [3.8, 4) is 11.6 Å². The molecule has 0 saturated carbocycles. The van der Waals surface area contributed by atoms with Crippen molar-refractivity contribution >= 4 is 11.6 Å². The van der Waals surface area contributed by atoms with Crippen molar-refractivity contribution in [1.82, 2.24) is 19.3 Å². The highest BCUT2D eigenvalue weighted by Gasteiger charge is 2.19. The maximum absolute atomic E-state index is 12.3. The fraction of sp³-hybridized carbons (Fsp3) is 0.235. The first-order chi connectivity index (χ1) is 11.6. The number of amides is 1. The zero-order valence-electron chi connectivity index (χ0n) is 13.5. The first kappa shape index (κ1) is 14.5. The molecule has 7 nitrogen and oxygen atoms in total. The van der Waals surface area contributed by atoms with Crippen LogP contribution in [-0.2, 0) is 6.54 Å². The normalized spacial score (nSPS) is 12.8. The minimum absolute atomic E-state index is 0.247. The number of fused-ring (bicyclic) bond motifs is 1. The van der Waals surface area contributed by atoms with Gasteiger partial charge in [-0.3, -0.25) is 4.79 Å². The number of hydrogen-bond donors (Lipinski definition) is 1. The zero-order chi connectivity index (χ0) is 16.7. The van der Waals surface area contributed by atoms with Crippen LogP contribution in [0.1, 0.15) is 21.9 Å². The highest BCUT2D eigenvalue weighted by molar-refractivity contribution is 6.03. The topological polar surface area (TPSA) is 74.0 Å². The van der Waals surface area contributed by atoms with Gasteiger partial charge in [-0.25, -0.2) is 9.67 Å². The monoisotopic (exact) mass is 323 g/mol. The Hall–Kier alpha value is -3.09. The number of rotatable bonds is 3. The van der Waals surface area contributed by atoms with E-state index in [-0.39, 0.29) is 5.91 Å². The summed E-state index contributed by atoms with van der Waals surface area (Å²) >= 11 is 0. The smallest absolute Gasteiger partial charge is 0.276 e. The largest absolute Gasteiger partial charge is 0.476 e. The quantitative estimate of drug-likeness (QED) is 0.803. The highest BCUT2D eigenvalue weighted by atomic mass is 16.5. The van der Waals surface area contributed by atoms with E-state index in [0.717, 1.165) is 17.1 Å². The summed E-state index contributed by atoms with van der Waals surface area (Å²) < 4.78 is 9.08. The van der Waals surface area contributed by atoms with Crippen LogP contribution >= 0.6 is 0 Å². The molecular formula is C17H17N5O2. The van der Waals surface area contributed by atoms with Gasteiger partial charge in [0.15, 0.2) is 5.69 Å². The molecule has 0 bridgehead atoms. The Bertz CT molecular complexity index is 886. The average Bonchev–Trinajstić information content (AvgIpc) is 3.25. The zero-order valence-corrected chi connectivity index (χ0v) is 13.5. The van der Waals surface area contributed by atoms with Crippen molar-refractivity contribution in [3.05, 3.63) is 53.7 Å². The van der Waals surface area contributed by atoms with Crippen LogP contribution in [0, 0.1) is 13.8 Å². The number of aryl methyl sites for hydroxylation is 1. The predicted octanol–water partition coefficient (Wildman–Crippen LogP) is 2.33. The van der Waals surface area contributed by atoms with Gasteiger partial charge in [-0.15, -0.1) is 0 Å². The lowest BCUT2D eigenvalue weighted by atomic mass is 10.2. The predicted molar refractivity (Wildman–Crippen MR) is 88.7 cm³/mol. The van der Waals surface area contributed by atoms with Crippen molar-refractivity contribution in [2.45, 2.75) is 20.4 Å². The van der Waals surface area contributed by atoms with Gasteiger partial charge in [0.2, 0.25) is 5.88 Å². The molecule has 7 heteroatoms. The van der Waals surface area contributed by atoms with E-state index in [1.165, 1.54) is 0 Å². The van der Waals surface area contributed by atoms with Gasteiger partial charge in [-0.2, -0.15) is 5.10 Å². The molecule has 0 atom stereocenters. The molecule has 0 aliphatic carbocycles. The number of carbonyl (C=O) groups is 1. The lowest BCUT2D eigenvalue weighted by molar-refractivity contribution is 0.102. The summed E-state index contributed by atoms with van der Waals surface area (Å²) in [6.45, 7) is 5.30. The summed E-state index contributed by atoms with van der Waals surface area (Å²) in [4.78, 5) is 16.6. The number of benzene rings is 1. The highest BCUT2D eigenvalue weighted by Crippen LogP contribution is 2.20. The van der Waals surface area contributed by atoms with E-state index in [1.807, 2.05) is 42.7 Å². The molecule has 0 fully saturated rings. The van der Waals surface area contributed by atoms with Gasteiger partial charge in [0.05, 0.1) is 18.6 Å². The van der Waals surface area contributed by atoms with Crippen LogP contribution in [-0.4, -0.2) is 31.8 Å². The Morgan fingerprint density at radius 3 is 2.71 bits per heavy atom. The third-order valence-corrected chi connectivity index (χ3v) is 4.18. The first-order valence-electron chi connectivity index (χ1n) is 7.75. The number of hydrogen-bond acceptors (Lipinski definition) is 4. The van der Waals surface area contributed by atoms with Gasteiger partial charge >= 0.3 is 0 Å². The molecule has 1 N–H and O–H groups in total. The molecule has 1 aliphatic heterocycles. The van der Waals surface area contributed by atoms with Gasteiger partial charge < -0.3 is 14.6 Å². The summed E-state index contributed by atoms with van der Waals surface area (Å²) in [5.74, 6) is 0.393. The second-order valence-corrected chi connectivity index (χ2v) is 5.73. The number of aromatic nitrogens is 4. The minimum Gasteiger partial charge on any atom is -0.476 e. The van der Waals surface area contributed by atoms with Crippen LogP contribution in [0.2, 0.25) is 0 Å². The van der Waals surface area contributed by atoms with E-state index in [1.54, 1.807) is 17.1 Å². The molecule has 2 aromatic heterocycles. The Kier molecular flexibility index (Phi) is 3.34. The van der Waals surface area contributed by atoms with Crippen molar-refractivity contribution in [2.24, 2.45) is 0 Å². The maximum atomic E-state index is 12.3. The number of nitrogens with one attached hydrogen (secondary N) is 1. The summed E-state index contributed by atoms with van der Waals surface area (Å²) in [5, 5.41) is 7.08. The van der Waals surface area contributed by atoms with E-state index >= 15 is 0 Å². The van der Waals surface area contributed by atoms with E-state index in [4.69, 9.17) is 4.74 Å². The van der Waals surface area contributed by atoms with Crippen LogP contribution < -0.4 is 10.1 Å². The number of ether oxygens (including phenoxy) is 1. The van der Waals surface area contributed by atoms with E-state index in [9.17, 15) is 4.79 Å². The average molecular weight is 323 g/mol. The van der Waals surface area contributed by atoms with Crippen molar-refractivity contribution < 1.29 is 9.53 Å². The van der Waals surface area contributed by atoms with Crippen molar-refractivity contribution in [1.29, 1.82) is 0 Å². The second-order valence-electron chi connectivity index (χ2n) is 5.73. The molecule has 3 heterocycles.